The number of nitrogens with one attached hydrogen (secondary N) is 1. The maximum atomic E-state index is 11.8. The Morgan fingerprint density at radius 1 is 1.09 bits per heavy atom. The Hall–Kier alpha value is -2.84. The van der Waals surface area contributed by atoms with Gasteiger partial charge in [0, 0.05) is 56.6 Å². The van der Waals surface area contributed by atoms with Crippen LogP contribution < -0.4 is 10.6 Å². The average molecular weight is 437 g/mol. The van der Waals surface area contributed by atoms with Crippen molar-refractivity contribution in [2.24, 2.45) is 5.73 Å². The van der Waals surface area contributed by atoms with E-state index in [0.29, 0.717) is 18.9 Å². The predicted octanol–water partition coefficient (Wildman–Crippen LogP) is 2.27. The number of hydrogen-bond acceptors (Lipinski definition) is 7. The summed E-state index contributed by atoms with van der Waals surface area (Å²) in [6, 6.07) is 8.75. The molecule has 2 saturated heterocycles. The van der Waals surface area contributed by atoms with Gasteiger partial charge in [0.1, 0.15) is 5.78 Å². The lowest BCUT2D eigenvalue weighted by atomic mass is 10.0. The number of ether oxygens (including phenoxy) is 1. The number of hydrogen-bond donors (Lipinski definition) is 2. The molecule has 0 amide bonds. The van der Waals surface area contributed by atoms with Crippen LogP contribution in [-0.4, -0.2) is 71.9 Å². The number of carbonyl (C=O) groups is 1. The fraction of sp³-hybridized carbons (Fsp3) is 0.500. The van der Waals surface area contributed by atoms with Crippen molar-refractivity contribution in [3.63, 3.8) is 0 Å². The number of morpholine rings is 1. The van der Waals surface area contributed by atoms with Crippen molar-refractivity contribution >= 4 is 17.6 Å². The zero-order valence-electron chi connectivity index (χ0n) is 18.5. The molecule has 8 nitrogen and oxygen atoms in total. The van der Waals surface area contributed by atoms with Crippen molar-refractivity contribution in [2.75, 3.05) is 44.3 Å². The zero-order valence-corrected chi connectivity index (χ0v) is 18.5. The minimum absolute atomic E-state index is 0.00650. The van der Waals surface area contributed by atoms with Gasteiger partial charge < -0.3 is 15.4 Å². The third-order valence-electron chi connectivity index (χ3n) is 6.29. The van der Waals surface area contributed by atoms with Crippen LogP contribution in [0.1, 0.15) is 31.2 Å². The number of aromatic nitrogens is 2. The molecule has 0 unspecified atom stereocenters. The van der Waals surface area contributed by atoms with Crippen LogP contribution in [0, 0.1) is 5.41 Å². The predicted molar refractivity (Wildman–Crippen MR) is 125 cm³/mol. The number of anilines is 1. The smallest absolute Gasteiger partial charge is 0.225 e. The molecule has 0 aliphatic carbocycles. The molecule has 0 radical (unpaired) electrons. The molecule has 3 heterocycles. The van der Waals surface area contributed by atoms with E-state index in [1.54, 1.807) is 0 Å². The van der Waals surface area contributed by atoms with Crippen LogP contribution in [0.15, 0.2) is 36.7 Å². The molecule has 0 spiro atoms. The molecule has 3 N–H and O–H groups in total. The number of piperidine rings is 1. The molecule has 4 rings (SSSR count). The molecule has 32 heavy (non-hydrogen) atoms. The molecule has 2 aromatic rings. The molecular weight excluding hydrogens is 404 g/mol. The van der Waals surface area contributed by atoms with Gasteiger partial charge in [-0.1, -0.05) is 24.3 Å². The van der Waals surface area contributed by atoms with Gasteiger partial charge in [-0.3, -0.25) is 15.1 Å². The summed E-state index contributed by atoms with van der Waals surface area (Å²) in [6.07, 6.45) is 7.09. The summed E-state index contributed by atoms with van der Waals surface area (Å²) >= 11 is 0. The van der Waals surface area contributed by atoms with Gasteiger partial charge in [-0.05, 0) is 30.4 Å². The molecule has 8 heteroatoms. The number of nitrogens with two attached hydrogens (primary N) is 1. The summed E-state index contributed by atoms with van der Waals surface area (Å²) in [5.41, 5.74) is 8.39. The van der Waals surface area contributed by atoms with Gasteiger partial charge in [-0.15, -0.1) is 0 Å². The normalized spacial score (nSPS) is 17.9. The zero-order chi connectivity index (χ0) is 22.3. The lowest BCUT2D eigenvalue weighted by Gasteiger charge is -2.40. The van der Waals surface area contributed by atoms with Crippen molar-refractivity contribution in [3.8, 4) is 11.1 Å². The van der Waals surface area contributed by atoms with Crippen LogP contribution in [0.3, 0.4) is 0 Å². The van der Waals surface area contributed by atoms with Gasteiger partial charge in [0.15, 0.2) is 0 Å². The fourth-order valence-corrected chi connectivity index (χ4v) is 4.50. The average Bonchev–Trinajstić information content (AvgIpc) is 2.83. The van der Waals surface area contributed by atoms with Gasteiger partial charge in [0.25, 0.3) is 0 Å². The van der Waals surface area contributed by atoms with E-state index in [1.807, 2.05) is 30.6 Å². The Morgan fingerprint density at radius 3 is 2.50 bits per heavy atom. The number of amidine groups is 1. The summed E-state index contributed by atoms with van der Waals surface area (Å²) in [5.74, 6) is 0.708. The highest BCUT2D eigenvalue weighted by Gasteiger charge is 2.26. The van der Waals surface area contributed by atoms with Crippen LogP contribution >= 0.6 is 0 Å². The third-order valence-corrected chi connectivity index (χ3v) is 6.29. The summed E-state index contributed by atoms with van der Waals surface area (Å²) in [7, 11) is 0. The topological polar surface area (TPSA) is 108 Å². The Bertz CT molecular complexity index is 918. The van der Waals surface area contributed by atoms with E-state index in [2.05, 4.69) is 25.8 Å². The maximum absolute atomic E-state index is 11.8. The van der Waals surface area contributed by atoms with Gasteiger partial charge in [-0.2, -0.15) is 0 Å². The Kier molecular flexibility index (Phi) is 7.44. The number of carbonyl (C=O) groups excluding carboxylic acids is 1. The second kappa shape index (κ2) is 10.7. The number of Topliss-reactive ketones (excluding diaryl/α,β-unsaturated/α-hetero) is 1. The van der Waals surface area contributed by atoms with E-state index in [4.69, 9.17) is 15.9 Å². The van der Waals surface area contributed by atoms with Crippen molar-refractivity contribution in [3.05, 3.63) is 42.2 Å². The quantitative estimate of drug-likeness (QED) is 0.483. The molecule has 0 saturated carbocycles. The Labute approximate surface area is 189 Å². The van der Waals surface area contributed by atoms with Crippen molar-refractivity contribution in [1.29, 1.82) is 5.41 Å². The Balaban J connectivity index is 1.33. The lowest BCUT2D eigenvalue weighted by Crippen LogP contribution is -2.49. The third kappa shape index (κ3) is 5.89. The van der Waals surface area contributed by atoms with Gasteiger partial charge >= 0.3 is 0 Å². The highest BCUT2D eigenvalue weighted by molar-refractivity contribution is 5.98. The van der Waals surface area contributed by atoms with Crippen LogP contribution in [0.5, 0.6) is 0 Å². The Morgan fingerprint density at radius 2 is 1.81 bits per heavy atom. The number of rotatable bonds is 8. The highest BCUT2D eigenvalue weighted by atomic mass is 16.5. The van der Waals surface area contributed by atoms with E-state index in [-0.39, 0.29) is 18.0 Å². The molecule has 170 valence electrons. The summed E-state index contributed by atoms with van der Waals surface area (Å²) < 4.78 is 5.47. The van der Waals surface area contributed by atoms with Crippen LogP contribution in [0.2, 0.25) is 0 Å². The number of ketones is 1. The maximum Gasteiger partial charge on any atom is 0.225 e. The first-order valence-electron chi connectivity index (χ1n) is 11.4. The molecule has 1 aromatic carbocycles. The lowest BCUT2D eigenvalue weighted by molar-refractivity contribution is -0.117. The first kappa shape index (κ1) is 22.4. The number of benzene rings is 1. The van der Waals surface area contributed by atoms with Crippen molar-refractivity contribution in [1.82, 2.24) is 14.9 Å². The molecule has 1 aromatic heterocycles. The van der Waals surface area contributed by atoms with Crippen LogP contribution in [0.4, 0.5) is 5.95 Å². The van der Waals surface area contributed by atoms with Crippen LogP contribution in [-0.2, 0) is 16.0 Å². The first-order valence-corrected chi connectivity index (χ1v) is 11.4. The van der Waals surface area contributed by atoms with E-state index in [0.717, 1.165) is 74.9 Å². The van der Waals surface area contributed by atoms with E-state index >= 15 is 0 Å². The monoisotopic (exact) mass is 436 g/mol. The molecule has 2 fully saturated rings. The fourth-order valence-electron chi connectivity index (χ4n) is 4.50. The minimum Gasteiger partial charge on any atom is -0.387 e. The molecular formula is C24H32N6O2. The number of nitrogens with zero attached hydrogens (tertiary/aromatic N) is 4. The molecule has 0 atom stereocenters. The molecule has 0 bridgehead atoms. The molecule has 2 aliphatic heterocycles. The number of aryl methyl sites for hydroxylation is 1. The summed E-state index contributed by atoms with van der Waals surface area (Å²) in [4.78, 5) is 25.9. The van der Waals surface area contributed by atoms with E-state index in [9.17, 15) is 4.79 Å². The molecule has 2 aliphatic rings. The standard InChI is InChI=1S/C24H32N6O2/c25-23(26)15-22(31)5-4-18-2-1-3-19(14-18)20-16-27-24(28-17-20)30-8-6-21(7-9-30)29-10-12-32-13-11-29/h1-3,14,16-17,21H,4-13,15H2,(H3,25,26). The van der Waals surface area contributed by atoms with Crippen molar-refractivity contribution < 1.29 is 9.53 Å². The minimum atomic E-state index is -0.0775. The summed E-state index contributed by atoms with van der Waals surface area (Å²) in [5, 5.41) is 7.24. The van der Waals surface area contributed by atoms with Crippen molar-refractivity contribution in [2.45, 2.75) is 38.1 Å². The first-order chi connectivity index (χ1) is 15.6. The second-order valence-electron chi connectivity index (χ2n) is 8.58. The second-order valence-corrected chi connectivity index (χ2v) is 8.58. The van der Waals surface area contributed by atoms with E-state index in [1.165, 1.54) is 0 Å². The van der Waals surface area contributed by atoms with Gasteiger partial charge in [-0.25, -0.2) is 9.97 Å². The summed E-state index contributed by atoms with van der Waals surface area (Å²) in [6.45, 7) is 5.73. The van der Waals surface area contributed by atoms with E-state index < -0.39 is 0 Å². The van der Waals surface area contributed by atoms with Crippen LogP contribution in [0.25, 0.3) is 11.1 Å². The largest absolute Gasteiger partial charge is 0.387 e. The highest BCUT2D eigenvalue weighted by Crippen LogP contribution is 2.24. The van der Waals surface area contributed by atoms with Gasteiger partial charge in [0.05, 0.1) is 25.5 Å². The van der Waals surface area contributed by atoms with Gasteiger partial charge in [0.2, 0.25) is 5.95 Å². The SMILES string of the molecule is N=C(N)CC(=O)CCc1cccc(-c2cnc(N3CCC(N4CCOCC4)CC3)nc2)c1.